The maximum Gasteiger partial charge on any atom is 0.142 e. The molecule has 2 aromatic carbocycles. The molecule has 0 amide bonds. The smallest absolute Gasteiger partial charge is 0.142 e. The molecule has 17 heavy (non-hydrogen) atoms. The summed E-state index contributed by atoms with van der Waals surface area (Å²) in [4.78, 5) is 0. The van der Waals surface area contributed by atoms with Crippen LogP contribution in [0, 0.1) is 0 Å². The maximum absolute atomic E-state index is 5.94. The number of benzene rings is 2. The minimum absolute atomic E-state index is 0.132. The van der Waals surface area contributed by atoms with Gasteiger partial charge < -0.3 is 10.1 Å². The van der Waals surface area contributed by atoms with Crippen molar-refractivity contribution < 1.29 is 4.74 Å². The Morgan fingerprint density at radius 3 is 2.47 bits per heavy atom. The Morgan fingerprint density at radius 1 is 0.941 bits per heavy atom. The van der Waals surface area contributed by atoms with E-state index in [0.717, 1.165) is 11.4 Å². The molecule has 2 atom stereocenters. The predicted molar refractivity (Wildman–Crippen MR) is 69.3 cm³/mol. The zero-order valence-corrected chi connectivity index (χ0v) is 9.76. The summed E-state index contributed by atoms with van der Waals surface area (Å²) in [6.45, 7) is 2.10. The Balaban J connectivity index is 1.95. The summed E-state index contributed by atoms with van der Waals surface area (Å²) in [5.41, 5.74) is 2.33. The van der Waals surface area contributed by atoms with Gasteiger partial charge in [-0.1, -0.05) is 42.5 Å². The quantitative estimate of drug-likeness (QED) is 0.800. The summed E-state index contributed by atoms with van der Waals surface area (Å²) >= 11 is 0. The first kappa shape index (κ1) is 10.2. The normalized spacial score (nSPS) is 22.2. The Labute approximate surface area is 101 Å². The maximum atomic E-state index is 5.94. The molecule has 2 aromatic rings. The zero-order valence-electron chi connectivity index (χ0n) is 9.76. The van der Waals surface area contributed by atoms with Crippen LogP contribution in [0.4, 0.5) is 5.69 Å². The highest BCUT2D eigenvalue weighted by Gasteiger charge is 2.26. The number of ether oxygens (including phenoxy) is 1. The highest BCUT2D eigenvalue weighted by molar-refractivity contribution is 5.59. The molecular weight excluding hydrogens is 210 g/mol. The Hall–Kier alpha value is -1.96. The van der Waals surface area contributed by atoms with Crippen LogP contribution in [0.15, 0.2) is 54.6 Å². The molecule has 0 radical (unpaired) electrons. The van der Waals surface area contributed by atoms with Gasteiger partial charge in [-0.3, -0.25) is 0 Å². The molecule has 0 saturated carbocycles. The van der Waals surface area contributed by atoms with Gasteiger partial charge in [-0.15, -0.1) is 0 Å². The second-order valence-corrected chi connectivity index (χ2v) is 4.35. The van der Waals surface area contributed by atoms with Crippen LogP contribution in [0.25, 0.3) is 0 Å². The fourth-order valence-corrected chi connectivity index (χ4v) is 2.26. The molecule has 0 bridgehead atoms. The number of para-hydroxylation sites is 2. The molecule has 2 heteroatoms. The Kier molecular flexibility index (Phi) is 2.48. The monoisotopic (exact) mass is 225 g/mol. The summed E-state index contributed by atoms with van der Waals surface area (Å²) < 4.78 is 5.94. The Bertz CT molecular complexity index is 509. The van der Waals surface area contributed by atoms with Crippen molar-refractivity contribution in [2.24, 2.45) is 0 Å². The van der Waals surface area contributed by atoms with Gasteiger partial charge in [0.25, 0.3) is 0 Å². The van der Waals surface area contributed by atoms with Gasteiger partial charge in [-0.2, -0.15) is 0 Å². The van der Waals surface area contributed by atoms with Gasteiger partial charge >= 0.3 is 0 Å². The molecule has 0 fully saturated rings. The van der Waals surface area contributed by atoms with Crippen molar-refractivity contribution in [1.82, 2.24) is 0 Å². The molecule has 86 valence electrons. The van der Waals surface area contributed by atoms with E-state index < -0.39 is 0 Å². The van der Waals surface area contributed by atoms with Gasteiger partial charge in [0, 0.05) is 0 Å². The van der Waals surface area contributed by atoms with Crippen LogP contribution in [0.1, 0.15) is 18.5 Å². The van der Waals surface area contributed by atoms with E-state index in [2.05, 4.69) is 42.6 Å². The molecule has 1 N–H and O–H groups in total. The fraction of sp³-hybridized carbons (Fsp3) is 0.200. The SMILES string of the molecule is CC1Oc2ccccc2NC1c1ccccc1. The molecule has 0 spiro atoms. The van der Waals surface area contributed by atoms with Crippen molar-refractivity contribution in [3.05, 3.63) is 60.2 Å². The summed E-state index contributed by atoms with van der Waals surface area (Å²) in [7, 11) is 0. The first-order chi connectivity index (χ1) is 8.34. The van der Waals surface area contributed by atoms with E-state index in [0.29, 0.717) is 0 Å². The fourth-order valence-electron chi connectivity index (χ4n) is 2.26. The van der Waals surface area contributed by atoms with Crippen molar-refractivity contribution in [3.8, 4) is 5.75 Å². The highest BCUT2D eigenvalue weighted by Crippen LogP contribution is 2.36. The molecule has 0 saturated heterocycles. The third kappa shape index (κ3) is 1.86. The van der Waals surface area contributed by atoms with Crippen LogP contribution in [0.3, 0.4) is 0 Å². The molecule has 0 aromatic heterocycles. The van der Waals surface area contributed by atoms with Crippen LogP contribution in [0.5, 0.6) is 5.75 Å². The van der Waals surface area contributed by atoms with Gasteiger partial charge in [0.2, 0.25) is 0 Å². The second-order valence-electron chi connectivity index (χ2n) is 4.35. The van der Waals surface area contributed by atoms with E-state index in [1.54, 1.807) is 0 Å². The van der Waals surface area contributed by atoms with Crippen LogP contribution < -0.4 is 10.1 Å². The molecule has 1 heterocycles. The van der Waals surface area contributed by atoms with E-state index in [4.69, 9.17) is 4.74 Å². The van der Waals surface area contributed by atoms with Gasteiger partial charge in [0.1, 0.15) is 11.9 Å². The lowest BCUT2D eigenvalue weighted by molar-refractivity contribution is 0.188. The summed E-state index contributed by atoms with van der Waals surface area (Å²) in [6.07, 6.45) is 0.132. The van der Waals surface area contributed by atoms with Crippen molar-refractivity contribution in [3.63, 3.8) is 0 Å². The summed E-state index contributed by atoms with van der Waals surface area (Å²) in [6, 6.07) is 18.7. The topological polar surface area (TPSA) is 21.3 Å². The summed E-state index contributed by atoms with van der Waals surface area (Å²) in [5, 5.41) is 3.54. The number of hydrogen-bond donors (Lipinski definition) is 1. The molecule has 1 aliphatic rings. The largest absolute Gasteiger partial charge is 0.486 e. The minimum Gasteiger partial charge on any atom is -0.486 e. The zero-order chi connectivity index (χ0) is 11.7. The van der Waals surface area contributed by atoms with E-state index in [9.17, 15) is 0 Å². The van der Waals surface area contributed by atoms with Gasteiger partial charge in [0.15, 0.2) is 0 Å². The molecule has 0 aliphatic carbocycles. The summed E-state index contributed by atoms with van der Waals surface area (Å²) in [5.74, 6) is 0.937. The average Bonchev–Trinajstić information content (AvgIpc) is 2.39. The van der Waals surface area contributed by atoms with Crippen LogP contribution in [0.2, 0.25) is 0 Å². The van der Waals surface area contributed by atoms with E-state index in [1.165, 1.54) is 5.56 Å². The molecule has 1 aliphatic heterocycles. The predicted octanol–water partition coefficient (Wildman–Crippen LogP) is 3.62. The highest BCUT2D eigenvalue weighted by atomic mass is 16.5. The number of anilines is 1. The number of hydrogen-bond acceptors (Lipinski definition) is 2. The molecular formula is C15H15NO. The van der Waals surface area contributed by atoms with Crippen molar-refractivity contribution >= 4 is 5.69 Å². The first-order valence-electron chi connectivity index (χ1n) is 5.92. The Morgan fingerprint density at radius 2 is 1.65 bits per heavy atom. The van der Waals surface area contributed by atoms with Gasteiger partial charge in [-0.05, 0) is 24.6 Å². The minimum atomic E-state index is 0.132. The first-order valence-corrected chi connectivity index (χ1v) is 5.92. The molecule has 2 nitrogen and oxygen atoms in total. The number of rotatable bonds is 1. The van der Waals surface area contributed by atoms with Gasteiger partial charge in [0.05, 0.1) is 11.7 Å². The van der Waals surface area contributed by atoms with Crippen molar-refractivity contribution in [2.45, 2.75) is 19.1 Å². The average molecular weight is 225 g/mol. The van der Waals surface area contributed by atoms with E-state index >= 15 is 0 Å². The van der Waals surface area contributed by atoms with E-state index in [1.807, 2.05) is 24.3 Å². The third-order valence-electron chi connectivity index (χ3n) is 3.14. The third-order valence-corrected chi connectivity index (χ3v) is 3.14. The van der Waals surface area contributed by atoms with Crippen molar-refractivity contribution in [2.75, 3.05) is 5.32 Å². The second kappa shape index (κ2) is 4.13. The van der Waals surface area contributed by atoms with Crippen LogP contribution in [-0.4, -0.2) is 6.10 Å². The van der Waals surface area contributed by atoms with E-state index in [-0.39, 0.29) is 12.1 Å². The van der Waals surface area contributed by atoms with Crippen LogP contribution in [-0.2, 0) is 0 Å². The number of nitrogens with one attached hydrogen (secondary N) is 1. The van der Waals surface area contributed by atoms with Crippen molar-refractivity contribution in [1.29, 1.82) is 0 Å². The van der Waals surface area contributed by atoms with Gasteiger partial charge in [-0.25, -0.2) is 0 Å². The lowest BCUT2D eigenvalue weighted by Crippen LogP contribution is -2.32. The molecule has 2 unspecified atom stereocenters. The van der Waals surface area contributed by atoms with Crippen LogP contribution >= 0.6 is 0 Å². The standard InChI is InChI=1S/C15H15NO/c1-11-15(12-7-3-2-4-8-12)16-13-9-5-6-10-14(13)17-11/h2-11,15-16H,1H3. The lowest BCUT2D eigenvalue weighted by Gasteiger charge is -2.33. The molecule has 3 rings (SSSR count). The number of fused-ring (bicyclic) bond motifs is 1. The lowest BCUT2D eigenvalue weighted by atomic mass is 10.0.